The van der Waals surface area contributed by atoms with Crippen LogP contribution in [0.2, 0.25) is 0 Å². The Kier molecular flexibility index (Phi) is 3.46. The van der Waals surface area contributed by atoms with Gasteiger partial charge < -0.3 is 9.90 Å². The van der Waals surface area contributed by atoms with Gasteiger partial charge in [-0.1, -0.05) is 36.4 Å². The molecule has 0 bridgehead atoms. The monoisotopic (exact) mass is 241 g/mol. The molecule has 0 heterocycles. The minimum absolute atomic E-state index is 0.631. The highest BCUT2D eigenvalue weighted by molar-refractivity contribution is 14.1. The second-order valence-corrected chi connectivity index (χ2v) is 4.02. The van der Waals surface area contributed by atoms with Crippen molar-refractivity contribution in [3.63, 3.8) is 0 Å². The van der Waals surface area contributed by atoms with Crippen LogP contribution in [0, 0.1) is 0 Å². The lowest BCUT2D eigenvalue weighted by Gasteiger charge is -2.24. The predicted octanol–water partition coefficient (Wildman–Crippen LogP) is 0.730. The van der Waals surface area contributed by atoms with Gasteiger partial charge in [0.1, 0.15) is 0 Å². The third-order valence-electron chi connectivity index (χ3n) is 1.49. The van der Waals surface area contributed by atoms with E-state index in [1.807, 2.05) is 36.4 Å². The van der Waals surface area contributed by atoms with Crippen molar-refractivity contribution < 1.29 is 9.90 Å². The van der Waals surface area contributed by atoms with Crippen molar-refractivity contribution in [2.75, 3.05) is 0 Å². The number of carboxylic acids is 1. The van der Waals surface area contributed by atoms with Crippen LogP contribution in [0.15, 0.2) is 0 Å². The van der Waals surface area contributed by atoms with Crippen molar-refractivity contribution in [3.8, 4) is 0 Å². The highest BCUT2D eigenvalue weighted by Gasteiger charge is 2.22. The lowest BCUT2D eigenvalue weighted by atomic mass is 10.0. The Morgan fingerprint density at radius 2 is 1.89 bits per heavy atom. The minimum atomic E-state index is -0.951. The number of carbonyl (C=O) groups is 1. The van der Waals surface area contributed by atoms with Gasteiger partial charge in [0.05, 0.1) is 9.39 Å². The SMILES string of the molecule is CCC(I)(CC)C(=O)[O-]. The molecular weight excluding hydrogens is 231 g/mol. The Hall–Kier alpha value is 0.200. The predicted molar refractivity (Wildman–Crippen MR) is 42.3 cm³/mol. The maximum atomic E-state index is 10.4. The number of halogens is 1. The Morgan fingerprint density at radius 3 is 1.89 bits per heavy atom. The van der Waals surface area contributed by atoms with Gasteiger partial charge in [-0.05, 0) is 12.8 Å². The molecule has 0 aliphatic heterocycles. The number of hydrogen-bond donors (Lipinski definition) is 0. The Morgan fingerprint density at radius 1 is 1.56 bits per heavy atom. The molecule has 54 valence electrons. The number of alkyl halides is 1. The van der Waals surface area contributed by atoms with Gasteiger partial charge in [0.15, 0.2) is 0 Å². The lowest BCUT2D eigenvalue weighted by molar-refractivity contribution is -0.308. The van der Waals surface area contributed by atoms with Crippen LogP contribution in [-0.2, 0) is 4.79 Å². The summed E-state index contributed by atoms with van der Waals surface area (Å²) < 4.78 is -0.641. The van der Waals surface area contributed by atoms with Gasteiger partial charge in [0, 0.05) is 0 Å². The smallest absolute Gasteiger partial charge is 0.0610 e. The van der Waals surface area contributed by atoms with E-state index in [0.29, 0.717) is 12.8 Å². The van der Waals surface area contributed by atoms with Gasteiger partial charge in [-0.3, -0.25) is 0 Å². The molecule has 0 radical (unpaired) electrons. The zero-order valence-electron chi connectivity index (χ0n) is 5.61. The fourth-order valence-corrected chi connectivity index (χ4v) is 0.539. The van der Waals surface area contributed by atoms with Crippen LogP contribution in [0.1, 0.15) is 26.7 Å². The molecule has 0 spiro atoms. The molecule has 3 heteroatoms. The van der Waals surface area contributed by atoms with Crippen LogP contribution in [0.25, 0.3) is 0 Å². The van der Waals surface area contributed by atoms with Gasteiger partial charge in [-0.25, -0.2) is 0 Å². The zero-order valence-corrected chi connectivity index (χ0v) is 7.77. The summed E-state index contributed by atoms with van der Waals surface area (Å²) in [6.45, 7) is 3.71. The second-order valence-electron chi connectivity index (χ2n) is 1.96. The number of aliphatic carboxylic acids is 1. The summed E-state index contributed by atoms with van der Waals surface area (Å²) in [5, 5.41) is 10.4. The summed E-state index contributed by atoms with van der Waals surface area (Å²) in [6.07, 6.45) is 1.26. The van der Waals surface area contributed by atoms with Gasteiger partial charge >= 0.3 is 0 Å². The van der Waals surface area contributed by atoms with E-state index in [4.69, 9.17) is 0 Å². The second kappa shape index (κ2) is 3.39. The molecule has 0 aliphatic rings. The molecule has 0 aliphatic carbocycles. The standard InChI is InChI=1S/C6H11IO2/c1-3-6(7,4-2)5(8)9/h3-4H2,1-2H3,(H,8,9)/p-1. The maximum absolute atomic E-state index is 10.4. The van der Waals surface area contributed by atoms with E-state index < -0.39 is 9.39 Å². The summed E-state index contributed by atoms with van der Waals surface area (Å²) >= 11 is 1.93. The fourth-order valence-electron chi connectivity index (χ4n) is 0.539. The summed E-state index contributed by atoms with van der Waals surface area (Å²) in [6, 6.07) is 0. The van der Waals surface area contributed by atoms with E-state index in [1.54, 1.807) is 0 Å². The third-order valence-corrected chi connectivity index (χ3v) is 3.45. The van der Waals surface area contributed by atoms with Crippen LogP contribution < -0.4 is 5.11 Å². The van der Waals surface area contributed by atoms with Crippen molar-refractivity contribution >= 4 is 28.6 Å². The molecule has 2 nitrogen and oxygen atoms in total. The van der Waals surface area contributed by atoms with Crippen molar-refractivity contribution in [2.24, 2.45) is 0 Å². The number of carboxylic acid groups (broad SMARTS) is 1. The fraction of sp³-hybridized carbons (Fsp3) is 0.833. The van der Waals surface area contributed by atoms with Crippen LogP contribution >= 0.6 is 22.6 Å². The van der Waals surface area contributed by atoms with Crippen molar-refractivity contribution in [1.82, 2.24) is 0 Å². The molecule has 0 fully saturated rings. The minimum Gasteiger partial charge on any atom is -0.549 e. The molecule has 0 aromatic heterocycles. The van der Waals surface area contributed by atoms with Crippen molar-refractivity contribution in [3.05, 3.63) is 0 Å². The van der Waals surface area contributed by atoms with Crippen molar-refractivity contribution in [1.29, 1.82) is 0 Å². The van der Waals surface area contributed by atoms with Gasteiger partial charge in [-0.15, -0.1) is 0 Å². The number of carbonyl (C=O) groups excluding carboxylic acids is 1. The first-order chi connectivity index (χ1) is 4.06. The summed E-state index contributed by atoms with van der Waals surface area (Å²) in [5.74, 6) is -0.951. The third kappa shape index (κ3) is 2.12. The van der Waals surface area contributed by atoms with E-state index in [0.717, 1.165) is 0 Å². The quantitative estimate of drug-likeness (QED) is 0.539. The summed E-state index contributed by atoms with van der Waals surface area (Å²) in [4.78, 5) is 10.4. The Labute approximate surface area is 68.8 Å². The molecule has 0 aromatic carbocycles. The molecule has 0 N–H and O–H groups in total. The number of rotatable bonds is 3. The van der Waals surface area contributed by atoms with Crippen molar-refractivity contribution in [2.45, 2.75) is 30.1 Å². The topological polar surface area (TPSA) is 40.1 Å². The molecular formula is C6H10IO2-. The zero-order chi connectivity index (χ0) is 7.49. The molecule has 0 amide bonds. The molecule has 0 saturated heterocycles. The van der Waals surface area contributed by atoms with E-state index >= 15 is 0 Å². The van der Waals surface area contributed by atoms with E-state index in [-0.39, 0.29) is 0 Å². The average molecular weight is 241 g/mol. The molecule has 0 rings (SSSR count). The van der Waals surface area contributed by atoms with Crippen LogP contribution in [0.3, 0.4) is 0 Å². The summed E-state index contributed by atoms with van der Waals surface area (Å²) in [7, 11) is 0. The molecule has 0 atom stereocenters. The van der Waals surface area contributed by atoms with Crippen LogP contribution in [0.5, 0.6) is 0 Å². The Bertz CT molecular complexity index is 108. The molecule has 0 aromatic rings. The molecule has 0 saturated carbocycles. The first kappa shape index (κ1) is 9.20. The molecule has 0 unspecified atom stereocenters. The van der Waals surface area contributed by atoms with Crippen LogP contribution in [0.4, 0.5) is 0 Å². The normalized spacial score (nSPS) is 11.4. The van der Waals surface area contributed by atoms with E-state index in [9.17, 15) is 9.90 Å². The highest BCUT2D eigenvalue weighted by atomic mass is 127. The lowest BCUT2D eigenvalue weighted by Crippen LogP contribution is -2.42. The highest BCUT2D eigenvalue weighted by Crippen LogP contribution is 2.25. The first-order valence-corrected chi connectivity index (χ1v) is 4.05. The number of hydrogen-bond acceptors (Lipinski definition) is 2. The largest absolute Gasteiger partial charge is 0.549 e. The van der Waals surface area contributed by atoms with Gasteiger partial charge in [-0.2, -0.15) is 0 Å². The van der Waals surface area contributed by atoms with Crippen LogP contribution in [-0.4, -0.2) is 9.39 Å². The molecule has 9 heavy (non-hydrogen) atoms. The maximum Gasteiger partial charge on any atom is 0.0610 e. The van der Waals surface area contributed by atoms with Gasteiger partial charge in [0.2, 0.25) is 0 Å². The Balaban J connectivity index is 4.09. The van der Waals surface area contributed by atoms with E-state index in [1.165, 1.54) is 0 Å². The van der Waals surface area contributed by atoms with E-state index in [2.05, 4.69) is 0 Å². The summed E-state index contributed by atoms with van der Waals surface area (Å²) in [5.41, 5.74) is 0. The average Bonchev–Trinajstić information content (AvgIpc) is 1.86. The first-order valence-electron chi connectivity index (χ1n) is 2.97. The van der Waals surface area contributed by atoms with Gasteiger partial charge in [0.25, 0.3) is 0 Å².